The molecule has 0 fully saturated rings. The minimum absolute atomic E-state index is 0.381. The number of aromatic nitrogens is 1. The lowest BCUT2D eigenvalue weighted by atomic mass is 10.2. The van der Waals surface area contributed by atoms with Crippen LogP contribution >= 0.6 is 15.9 Å². The summed E-state index contributed by atoms with van der Waals surface area (Å²) < 4.78 is 1.12. The van der Waals surface area contributed by atoms with Crippen LogP contribution in [0.3, 0.4) is 0 Å². The number of H-pyrrole nitrogens is 1. The van der Waals surface area contributed by atoms with Gasteiger partial charge in [0.2, 0.25) is 0 Å². The summed E-state index contributed by atoms with van der Waals surface area (Å²) in [6, 6.07) is 8.91. The molecule has 0 bridgehead atoms. The summed E-state index contributed by atoms with van der Waals surface area (Å²) in [5, 5.41) is 4.74. The standard InChI is InChI=1S/C13H17BrN2/c1-3-6-15-9(2)13-8-10-7-11(14)4-5-12(10)16-13/h4-5,7-9,15-16H,3,6H2,1-2H3. The first-order chi connectivity index (χ1) is 7.70. The molecular formula is C13H17BrN2. The lowest BCUT2D eigenvalue weighted by Gasteiger charge is -2.10. The number of fused-ring (bicyclic) bond motifs is 1. The minimum atomic E-state index is 0.381. The third kappa shape index (κ3) is 2.47. The molecule has 1 aromatic heterocycles. The van der Waals surface area contributed by atoms with Gasteiger partial charge in [0.1, 0.15) is 0 Å². The van der Waals surface area contributed by atoms with E-state index >= 15 is 0 Å². The third-order valence-electron chi connectivity index (χ3n) is 2.77. The molecule has 0 saturated carbocycles. The summed E-state index contributed by atoms with van der Waals surface area (Å²) >= 11 is 3.49. The van der Waals surface area contributed by atoms with Gasteiger partial charge in [0.15, 0.2) is 0 Å². The summed E-state index contributed by atoms with van der Waals surface area (Å²) in [5.41, 5.74) is 2.45. The highest BCUT2D eigenvalue weighted by Gasteiger charge is 2.07. The van der Waals surface area contributed by atoms with Gasteiger partial charge in [-0.3, -0.25) is 0 Å². The average Bonchev–Trinajstić information content (AvgIpc) is 2.68. The van der Waals surface area contributed by atoms with Crippen LogP contribution in [0, 0.1) is 0 Å². The zero-order valence-electron chi connectivity index (χ0n) is 9.68. The van der Waals surface area contributed by atoms with Crippen LogP contribution in [0.4, 0.5) is 0 Å². The molecule has 1 unspecified atom stereocenters. The van der Waals surface area contributed by atoms with E-state index in [1.54, 1.807) is 0 Å². The first-order valence-corrected chi connectivity index (χ1v) is 6.51. The predicted molar refractivity (Wildman–Crippen MR) is 72.7 cm³/mol. The molecule has 0 aliphatic carbocycles. The number of hydrogen-bond donors (Lipinski definition) is 2. The number of nitrogens with one attached hydrogen (secondary N) is 2. The van der Waals surface area contributed by atoms with Crippen LogP contribution in [-0.2, 0) is 0 Å². The lowest BCUT2D eigenvalue weighted by molar-refractivity contribution is 0.561. The van der Waals surface area contributed by atoms with Crippen molar-refractivity contribution in [1.82, 2.24) is 10.3 Å². The Kier molecular flexibility index (Phi) is 3.66. The monoisotopic (exact) mass is 280 g/mol. The van der Waals surface area contributed by atoms with Crippen LogP contribution in [0.15, 0.2) is 28.7 Å². The number of rotatable bonds is 4. The molecular weight excluding hydrogens is 264 g/mol. The highest BCUT2D eigenvalue weighted by atomic mass is 79.9. The van der Waals surface area contributed by atoms with E-state index in [-0.39, 0.29) is 0 Å². The van der Waals surface area contributed by atoms with Crippen molar-refractivity contribution < 1.29 is 0 Å². The van der Waals surface area contributed by atoms with Crippen LogP contribution < -0.4 is 5.32 Å². The highest BCUT2D eigenvalue weighted by molar-refractivity contribution is 9.10. The Balaban J connectivity index is 2.25. The quantitative estimate of drug-likeness (QED) is 0.871. The second-order valence-corrected chi connectivity index (χ2v) is 5.05. The van der Waals surface area contributed by atoms with Crippen molar-refractivity contribution in [2.24, 2.45) is 0 Å². The van der Waals surface area contributed by atoms with Crippen molar-refractivity contribution in [1.29, 1.82) is 0 Å². The lowest BCUT2D eigenvalue weighted by Crippen LogP contribution is -2.19. The first-order valence-electron chi connectivity index (χ1n) is 5.72. The fourth-order valence-electron chi connectivity index (χ4n) is 1.83. The Morgan fingerprint density at radius 3 is 2.94 bits per heavy atom. The first kappa shape index (κ1) is 11.7. The van der Waals surface area contributed by atoms with Crippen LogP contribution in [0.1, 0.15) is 32.0 Å². The summed E-state index contributed by atoms with van der Waals surface area (Å²) in [6.45, 7) is 5.43. The zero-order valence-corrected chi connectivity index (χ0v) is 11.3. The van der Waals surface area contributed by atoms with Gasteiger partial charge in [0, 0.05) is 27.1 Å². The maximum Gasteiger partial charge on any atom is 0.0457 e. The molecule has 2 N–H and O–H groups in total. The smallest absolute Gasteiger partial charge is 0.0457 e. The molecule has 0 amide bonds. The molecule has 16 heavy (non-hydrogen) atoms. The number of halogens is 1. The van der Waals surface area contributed by atoms with Crippen molar-refractivity contribution in [2.45, 2.75) is 26.3 Å². The van der Waals surface area contributed by atoms with Gasteiger partial charge >= 0.3 is 0 Å². The molecule has 0 aliphatic rings. The van der Waals surface area contributed by atoms with E-state index < -0.39 is 0 Å². The molecule has 86 valence electrons. The third-order valence-corrected chi connectivity index (χ3v) is 3.26. The van der Waals surface area contributed by atoms with Crippen molar-refractivity contribution in [3.05, 3.63) is 34.4 Å². The van der Waals surface area contributed by atoms with Gasteiger partial charge < -0.3 is 10.3 Å². The number of aromatic amines is 1. The Morgan fingerprint density at radius 1 is 1.38 bits per heavy atom. The second kappa shape index (κ2) is 5.02. The van der Waals surface area contributed by atoms with E-state index in [0.717, 1.165) is 17.4 Å². The van der Waals surface area contributed by atoms with Crippen LogP contribution in [-0.4, -0.2) is 11.5 Å². The Bertz CT molecular complexity index is 476. The summed E-state index contributed by atoms with van der Waals surface area (Å²) in [5.74, 6) is 0. The predicted octanol–water partition coefficient (Wildman–Crippen LogP) is 3.99. The fourth-order valence-corrected chi connectivity index (χ4v) is 2.21. The Hall–Kier alpha value is -0.800. The molecule has 2 nitrogen and oxygen atoms in total. The molecule has 2 aromatic rings. The SMILES string of the molecule is CCCNC(C)c1cc2cc(Br)ccc2[nH]1. The van der Waals surface area contributed by atoms with Gasteiger partial charge in [-0.2, -0.15) is 0 Å². The Morgan fingerprint density at radius 2 is 2.19 bits per heavy atom. The maximum atomic E-state index is 3.49. The van der Waals surface area contributed by atoms with Gasteiger partial charge in [0.25, 0.3) is 0 Å². The van der Waals surface area contributed by atoms with Crippen molar-refractivity contribution >= 4 is 26.8 Å². The molecule has 2 rings (SSSR count). The molecule has 0 aliphatic heterocycles. The van der Waals surface area contributed by atoms with Crippen LogP contribution in [0.2, 0.25) is 0 Å². The minimum Gasteiger partial charge on any atom is -0.357 e. The van der Waals surface area contributed by atoms with Crippen molar-refractivity contribution in [3.63, 3.8) is 0 Å². The normalized spacial score (nSPS) is 13.2. The van der Waals surface area contributed by atoms with Crippen LogP contribution in [0.25, 0.3) is 10.9 Å². The molecule has 0 spiro atoms. The van der Waals surface area contributed by atoms with Gasteiger partial charge in [-0.25, -0.2) is 0 Å². The summed E-state index contributed by atoms with van der Waals surface area (Å²) in [4.78, 5) is 3.45. The second-order valence-electron chi connectivity index (χ2n) is 4.13. The average molecular weight is 281 g/mol. The van der Waals surface area contributed by atoms with Gasteiger partial charge in [-0.1, -0.05) is 22.9 Å². The van der Waals surface area contributed by atoms with Gasteiger partial charge in [0.05, 0.1) is 0 Å². The van der Waals surface area contributed by atoms with Crippen molar-refractivity contribution in [2.75, 3.05) is 6.54 Å². The Labute approximate surface area is 105 Å². The molecule has 0 radical (unpaired) electrons. The highest BCUT2D eigenvalue weighted by Crippen LogP contribution is 2.23. The van der Waals surface area contributed by atoms with E-state index in [9.17, 15) is 0 Å². The van der Waals surface area contributed by atoms with E-state index in [2.05, 4.69) is 64.3 Å². The van der Waals surface area contributed by atoms with E-state index in [0.29, 0.717) is 6.04 Å². The largest absolute Gasteiger partial charge is 0.357 e. The molecule has 3 heteroatoms. The molecule has 1 atom stereocenters. The zero-order chi connectivity index (χ0) is 11.5. The van der Waals surface area contributed by atoms with E-state index in [1.807, 2.05) is 0 Å². The fraction of sp³-hybridized carbons (Fsp3) is 0.385. The van der Waals surface area contributed by atoms with E-state index in [4.69, 9.17) is 0 Å². The number of hydrogen-bond acceptors (Lipinski definition) is 1. The topological polar surface area (TPSA) is 27.8 Å². The summed E-state index contributed by atoms with van der Waals surface area (Å²) in [6.07, 6.45) is 1.16. The van der Waals surface area contributed by atoms with E-state index in [1.165, 1.54) is 16.6 Å². The molecule has 0 saturated heterocycles. The number of benzene rings is 1. The van der Waals surface area contributed by atoms with Crippen molar-refractivity contribution in [3.8, 4) is 0 Å². The van der Waals surface area contributed by atoms with Crippen LogP contribution in [0.5, 0.6) is 0 Å². The molecule has 1 aromatic carbocycles. The van der Waals surface area contributed by atoms with Gasteiger partial charge in [-0.05, 0) is 44.2 Å². The maximum absolute atomic E-state index is 3.49. The van der Waals surface area contributed by atoms with Gasteiger partial charge in [-0.15, -0.1) is 0 Å². The molecule has 1 heterocycles. The summed E-state index contributed by atoms with van der Waals surface area (Å²) in [7, 11) is 0.